The minimum atomic E-state index is -0.902. The Hall–Kier alpha value is -3.09. The van der Waals surface area contributed by atoms with Gasteiger partial charge in [0.2, 0.25) is 5.91 Å². The first-order chi connectivity index (χ1) is 11.4. The predicted molar refractivity (Wildman–Crippen MR) is 86.8 cm³/mol. The molecule has 0 saturated carbocycles. The SMILES string of the molecule is COc1ccc(CC(=O)Nc2ccc(F)c(C(N)=O)c2)c(OC)c1. The van der Waals surface area contributed by atoms with E-state index in [-0.39, 0.29) is 23.6 Å². The molecule has 0 spiro atoms. The predicted octanol–water partition coefficient (Wildman–Crippen LogP) is 2.12. The summed E-state index contributed by atoms with van der Waals surface area (Å²) in [7, 11) is 3.03. The normalized spacial score (nSPS) is 10.1. The lowest BCUT2D eigenvalue weighted by molar-refractivity contribution is -0.115. The van der Waals surface area contributed by atoms with Crippen molar-refractivity contribution in [1.29, 1.82) is 0 Å². The lowest BCUT2D eigenvalue weighted by atomic mass is 10.1. The van der Waals surface area contributed by atoms with Crippen LogP contribution in [0.2, 0.25) is 0 Å². The zero-order valence-corrected chi connectivity index (χ0v) is 13.3. The van der Waals surface area contributed by atoms with Crippen molar-refractivity contribution in [3.05, 3.63) is 53.3 Å². The number of amides is 2. The van der Waals surface area contributed by atoms with Crippen molar-refractivity contribution >= 4 is 17.5 Å². The first-order valence-electron chi connectivity index (χ1n) is 7.04. The molecule has 0 aromatic heterocycles. The number of primary amides is 1. The van der Waals surface area contributed by atoms with Gasteiger partial charge in [0, 0.05) is 17.3 Å². The van der Waals surface area contributed by atoms with Crippen LogP contribution in [0.5, 0.6) is 11.5 Å². The van der Waals surface area contributed by atoms with Crippen molar-refractivity contribution in [3.63, 3.8) is 0 Å². The van der Waals surface area contributed by atoms with Crippen LogP contribution in [-0.2, 0) is 11.2 Å². The average Bonchev–Trinajstić information content (AvgIpc) is 2.56. The van der Waals surface area contributed by atoms with E-state index in [2.05, 4.69) is 5.32 Å². The van der Waals surface area contributed by atoms with Crippen molar-refractivity contribution in [1.82, 2.24) is 0 Å². The number of carbonyl (C=O) groups excluding carboxylic acids is 2. The van der Waals surface area contributed by atoms with Gasteiger partial charge in [-0.15, -0.1) is 0 Å². The number of nitrogens with two attached hydrogens (primary N) is 1. The number of halogens is 1. The third-order valence-electron chi connectivity index (χ3n) is 3.36. The third-order valence-corrected chi connectivity index (χ3v) is 3.36. The highest BCUT2D eigenvalue weighted by molar-refractivity contribution is 5.97. The summed E-state index contributed by atoms with van der Waals surface area (Å²) in [5, 5.41) is 2.59. The molecule has 0 bridgehead atoms. The van der Waals surface area contributed by atoms with Crippen LogP contribution in [0.15, 0.2) is 36.4 Å². The third kappa shape index (κ3) is 4.01. The summed E-state index contributed by atoms with van der Waals surface area (Å²) in [4.78, 5) is 23.3. The van der Waals surface area contributed by atoms with Crippen LogP contribution >= 0.6 is 0 Å². The van der Waals surface area contributed by atoms with Gasteiger partial charge >= 0.3 is 0 Å². The number of rotatable bonds is 6. The molecule has 0 atom stereocenters. The Morgan fingerprint density at radius 1 is 1.12 bits per heavy atom. The summed E-state index contributed by atoms with van der Waals surface area (Å²) in [6, 6.07) is 8.73. The van der Waals surface area contributed by atoms with Gasteiger partial charge in [0.1, 0.15) is 17.3 Å². The number of hydrogen-bond acceptors (Lipinski definition) is 4. The van der Waals surface area contributed by atoms with Crippen molar-refractivity contribution in [2.75, 3.05) is 19.5 Å². The molecule has 0 aliphatic rings. The Kier molecular flexibility index (Phi) is 5.36. The lowest BCUT2D eigenvalue weighted by Gasteiger charge is -2.11. The molecule has 2 amide bonds. The molecule has 2 aromatic rings. The Balaban J connectivity index is 2.14. The maximum absolute atomic E-state index is 13.4. The van der Waals surface area contributed by atoms with E-state index in [4.69, 9.17) is 15.2 Å². The van der Waals surface area contributed by atoms with Gasteiger partial charge < -0.3 is 20.5 Å². The minimum Gasteiger partial charge on any atom is -0.497 e. The van der Waals surface area contributed by atoms with E-state index in [9.17, 15) is 14.0 Å². The second kappa shape index (κ2) is 7.45. The highest BCUT2D eigenvalue weighted by Gasteiger charge is 2.13. The van der Waals surface area contributed by atoms with E-state index in [1.807, 2.05) is 0 Å². The number of hydrogen-bond donors (Lipinski definition) is 2. The molecule has 0 unspecified atom stereocenters. The van der Waals surface area contributed by atoms with Crippen LogP contribution in [0.4, 0.5) is 10.1 Å². The number of carbonyl (C=O) groups is 2. The second-order valence-corrected chi connectivity index (χ2v) is 4.96. The van der Waals surface area contributed by atoms with E-state index < -0.39 is 11.7 Å². The van der Waals surface area contributed by atoms with Gasteiger partial charge in [-0.05, 0) is 24.3 Å². The largest absolute Gasteiger partial charge is 0.497 e. The molecule has 24 heavy (non-hydrogen) atoms. The molecule has 126 valence electrons. The van der Waals surface area contributed by atoms with Gasteiger partial charge in [-0.1, -0.05) is 6.07 Å². The molecular formula is C17H17FN2O4. The van der Waals surface area contributed by atoms with Crippen LogP contribution in [0, 0.1) is 5.82 Å². The molecule has 0 heterocycles. The summed E-state index contributed by atoms with van der Waals surface area (Å²) in [6.07, 6.45) is 0.0381. The van der Waals surface area contributed by atoms with Gasteiger partial charge in [-0.25, -0.2) is 4.39 Å². The van der Waals surface area contributed by atoms with Crippen LogP contribution in [0.3, 0.4) is 0 Å². The topological polar surface area (TPSA) is 90.6 Å². The fraction of sp³-hybridized carbons (Fsp3) is 0.176. The lowest BCUT2D eigenvalue weighted by Crippen LogP contribution is -2.17. The quantitative estimate of drug-likeness (QED) is 0.848. The van der Waals surface area contributed by atoms with Crippen LogP contribution in [-0.4, -0.2) is 26.0 Å². The van der Waals surface area contributed by atoms with Crippen LogP contribution in [0.25, 0.3) is 0 Å². The first kappa shape index (κ1) is 17.3. The molecule has 2 rings (SSSR count). The van der Waals surface area contributed by atoms with E-state index in [0.717, 1.165) is 6.07 Å². The fourth-order valence-electron chi connectivity index (χ4n) is 2.17. The molecule has 2 aromatic carbocycles. The Morgan fingerprint density at radius 2 is 1.88 bits per heavy atom. The summed E-state index contributed by atoms with van der Waals surface area (Å²) in [6.45, 7) is 0. The highest BCUT2D eigenvalue weighted by atomic mass is 19.1. The van der Waals surface area contributed by atoms with Crippen molar-refractivity contribution in [2.45, 2.75) is 6.42 Å². The maximum atomic E-state index is 13.4. The summed E-state index contributed by atoms with van der Waals surface area (Å²) in [5.41, 5.74) is 5.74. The Labute approximate surface area is 138 Å². The number of methoxy groups -OCH3 is 2. The van der Waals surface area contributed by atoms with Gasteiger partial charge in [-0.2, -0.15) is 0 Å². The molecule has 7 heteroatoms. The minimum absolute atomic E-state index is 0.0381. The number of benzene rings is 2. The molecule has 0 radical (unpaired) electrons. The van der Waals surface area contributed by atoms with Gasteiger partial charge in [0.05, 0.1) is 26.2 Å². The molecular weight excluding hydrogens is 315 g/mol. The zero-order valence-electron chi connectivity index (χ0n) is 13.3. The van der Waals surface area contributed by atoms with E-state index in [1.165, 1.54) is 26.4 Å². The van der Waals surface area contributed by atoms with Crippen molar-refractivity contribution in [3.8, 4) is 11.5 Å². The second-order valence-electron chi connectivity index (χ2n) is 4.96. The number of anilines is 1. The summed E-state index contributed by atoms with van der Waals surface area (Å²) >= 11 is 0. The molecule has 0 aliphatic carbocycles. The van der Waals surface area contributed by atoms with E-state index in [1.54, 1.807) is 18.2 Å². The monoisotopic (exact) mass is 332 g/mol. The van der Waals surface area contributed by atoms with Gasteiger partial charge in [0.25, 0.3) is 5.91 Å². The molecule has 0 saturated heterocycles. The zero-order chi connectivity index (χ0) is 17.7. The van der Waals surface area contributed by atoms with Gasteiger partial charge in [0.15, 0.2) is 0 Å². The van der Waals surface area contributed by atoms with Crippen molar-refractivity contribution < 1.29 is 23.5 Å². The van der Waals surface area contributed by atoms with Crippen molar-refractivity contribution in [2.24, 2.45) is 5.73 Å². The van der Waals surface area contributed by atoms with Crippen LogP contribution < -0.4 is 20.5 Å². The summed E-state index contributed by atoms with van der Waals surface area (Å²) in [5.74, 6) is -0.861. The highest BCUT2D eigenvalue weighted by Crippen LogP contribution is 2.25. The van der Waals surface area contributed by atoms with E-state index >= 15 is 0 Å². The molecule has 3 N–H and O–H groups in total. The standard InChI is InChI=1S/C17H17FN2O4/c1-23-12-5-3-10(15(9-12)24-2)7-16(21)20-11-4-6-14(18)13(8-11)17(19)22/h3-6,8-9H,7H2,1-2H3,(H2,19,22)(H,20,21). The Morgan fingerprint density at radius 3 is 2.50 bits per heavy atom. The molecule has 0 aliphatic heterocycles. The van der Waals surface area contributed by atoms with E-state index in [0.29, 0.717) is 17.1 Å². The van der Waals surface area contributed by atoms with Crippen LogP contribution in [0.1, 0.15) is 15.9 Å². The Bertz CT molecular complexity index is 777. The fourth-order valence-corrected chi connectivity index (χ4v) is 2.17. The smallest absolute Gasteiger partial charge is 0.251 e. The average molecular weight is 332 g/mol. The first-order valence-corrected chi connectivity index (χ1v) is 7.04. The number of ether oxygens (including phenoxy) is 2. The number of nitrogens with one attached hydrogen (secondary N) is 1. The molecule has 0 fully saturated rings. The summed E-state index contributed by atoms with van der Waals surface area (Å²) < 4.78 is 23.8. The van der Waals surface area contributed by atoms with Gasteiger partial charge in [-0.3, -0.25) is 9.59 Å². The maximum Gasteiger partial charge on any atom is 0.251 e. The molecule has 6 nitrogen and oxygen atoms in total.